The van der Waals surface area contributed by atoms with E-state index in [1.165, 1.54) is 12.8 Å². The van der Waals surface area contributed by atoms with Crippen molar-refractivity contribution in [1.29, 1.82) is 0 Å². The Morgan fingerprint density at radius 3 is 3.00 bits per heavy atom. The number of aromatic nitrogens is 1. The van der Waals surface area contributed by atoms with E-state index < -0.39 is 0 Å². The lowest BCUT2D eigenvalue weighted by molar-refractivity contribution is 0.359. The minimum absolute atomic E-state index is 0.614. The van der Waals surface area contributed by atoms with Gasteiger partial charge in [0.15, 0.2) is 0 Å². The number of oxazole rings is 1. The van der Waals surface area contributed by atoms with Gasteiger partial charge in [-0.15, -0.1) is 0 Å². The summed E-state index contributed by atoms with van der Waals surface area (Å²) in [4.78, 5) is 4.23. The maximum atomic E-state index is 5.53. The molecular formula is C11H19N3O. The fourth-order valence-electron chi connectivity index (χ4n) is 1.85. The van der Waals surface area contributed by atoms with Crippen molar-refractivity contribution < 1.29 is 4.42 Å². The van der Waals surface area contributed by atoms with E-state index in [1.807, 2.05) is 6.20 Å². The predicted molar refractivity (Wildman–Crippen MR) is 58.6 cm³/mol. The van der Waals surface area contributed by atoms with Crippen molar-refractivity contribution in [2.24, 2.45) is 0 Å². The topological polar surface area (TPSA) is 50.1 Å². The lowest BCUT2D eigenvalue weighted by Gasteiger charge is -2.22. The average molecular weight is 209 g/mol. The molecule has 1 aromatic heterocycles. The van der Waals surface area contributed by atoms with Crippen LogP contribution >= 0.6 is 0 Å². The van der Waals surface area contributed by atoms with Gasteiger partial charge in [-0.2, -0.15) is 0 Å². The molecule has 0 unspecified atom stereocenters. The zero-order chi connectivity index (χ0) is 10.5. The van der Waals surface area contributed by atoms with Crippen molar-refractivity contribution in [1.82, 2.24) is 15.6 Å². The average Bonchev–Trinajstić information content (AvgIpc) is 2.76. The molecule has 2 N–H and O–H groups in total. The molecule has 2 rings (SSSR count). The van der Waals surface area contributed by atoms with Gasteiger partial charge in [0.05, 0.1) is 12.7 Å². The van der Waals surface area contributed by atoms with Crippen LogP contribution in [0, 0.1) is 0 Å². The highest BCUT2D eigenvalue weighted by Crippen LogP contribution is 2.06. The predicted octanol–water partition coefficient (Wildman–Crippen LogP) is 1.08. The molecular weight excluding hydrogens is 190 g/mol. The third kappa shape index (κ3) is 3.04. The summed E-state index contributed by atoms with van der Waals surface area (Å²) in [5.74, 6) is 1.78. The highest BCUT2D eigenvalue weighted by molar-refractivity contribution is 4.93. The van der Waals surface area contributed by atoms with Crippen LogP contribution in [0.2, 0.25) is 0 Å². The van der Waals surface area contributed by atoms with E-state index in [0.717, 1.165) is 37.7 Å². The van der Waals surface area contributed by atoms with Gasteiger partial charge >= 0.3 is 0 Å². The largest absolute Gasteiger partial charge is 0.444 e. The number of hydrogen-bond donors (Lipinski definition) is 2. The summed E-state index contributed by atoms with van der Waals surface area (Å²) in [5.41, 5.74) is 0. The lowest BCUT2D eigenvalue weighted by atomic mass is 10.1. The van der Waals surface area contributed by atoms with Gasteiger partial charge in [-0.3, -0.25) is 0 Å². The number of nitrogens with one attached hydrogen (secondary N) is 2. The van der Waals surface area contributed by atoms with Crippen LogP contribution in [0.5, 0.6) is 0 Å². The fourth-order valence-corrected chi connectivity index (χ4v) is 1.85. The zero-order valence-corrected chi connectivity index (χ0v) is 9.25. The van der Waals surface area contributed by atoms with Gasteiger partial charge in [-0.1, -0.05) is 6.92 Å². The van der Waals surface area contributed by atoms with Crippen LogP contribution in [-0.2, 0) is 13.0 Å². The standard InChI is InChI=1S/C11H19N3O/c1-2-10-7-14-11(15-10)8-13-9-3-5-12-6-4-9/h7,9,12-13H,2-6,8H2,1H3. The molecule has 1 aromatic rings. The van der Waals surface area contributed by atoms with E-state index in [4.69, 9.17) is 4.42 Å². The summed E-state index contributed by atoms with van der Waals surface area (Å²) in [6.07, 6.45) is 5.13. The van der Waals surface area contributed by atoms with Crippen LogP contribution in [0.25, 0.3) is 0 Å². The van der Waals surface area contributed by atoms with Crippen molar-refractivity contribution in [2.75, 3.05) is 13.1 Å². The van der Waals surface area contributed by atoms with Crippen molar-refractivity contribution in [3.63, 3.8) is 0 Å². The van der Waals surface area contributed by atoms with Crippen molar-refractivity contribution in [3.05, 3.63) is 17.8 Å². The van der Waals surface area contributed by atoms with E-state index in [1.54, 1.807) is 0 Å². The molecule has 84 valence electrons. The number of piperidine rings is 1. The highest BCUT2D eigenvalue weighted by Gasteiger charge is 2.12. The molecule has 2 heterocycles. The summed E-state index contributed by atoms with van der Waals surface area (Å²) in [6, 6.07) is 0.614. The molecule has 1 aliphatic rings. The van der Waals surface area contributed by atoms with Crippen molar-refractivity contribution >= 4 is 0 Å². The summed E-state index contributed by atoms with van der Waals surface area (Å²) < 4.78 is 5.53. The van der Waals surface area contributed by atoms with Gasteiger partial charge in [-0.05, 0) is 25.9 Å². The van der Waals surface area contributed by atoms with Gasteiger partial charge in [-0.25, -0.2) is 4.98 Å². The SMILES string of the molecule is CCc1cnc(CNC2CCNCC2)o1. The molecule has 4 nitrogen and oxygen atoms in total. The molecule has 0 bridgehead atoms. The molecule has 1 fully saturated rings. The number of aryl methyl sites for hydroxylation is 1. The summed E-state index contributed by atoms with van der Waals surface area (Å²) in [7, 11) is 0. The van der Waals surface area contributed by atoms with Crippen LogP contribution in [0.3, 0.4) is 0 Å². The monoisotopic (exact) mass is 209 g/mol. The smallest absolute Gasteiger partial charge is 0.208 e. The number of hydrogen-bond acceptors (Lipinski definition) is 4. The number of rotatable bonds is 4. The Morgan fingerprint density at radius 2 is 2.33 bits per heavy atom. The molecule has 0 aromatic carbocycles. The van der Waals surface area contributed by atoms with Gasteiger partial charge in [0.2, 0.25) is 5.89 Å². The first-order valence-corrected chi connectivity index (χ1v) is 5.76. The molecule has 0 atom stereocenters. The first-order valence-electron chi connectivity index (χ1n) is 5.76. The van der Waals surface area contributed by atoms with E-state index in [-0.39, 0.29) is 0 Å². The normalized spacial score (nSPS) is 18.2. The molecule has 1 aliphatic heterocycles. The molecule has 0 amide bonds. The van der Waals surface area contributed by atoms with Crippen LogP contribution in [0.1, 0.15) is 31.4 Å². The third-order valence-electron chi connectivity index (χ3n) is 2.83. The van der Waals surface area contributed by atoms with E-state index in [9.17, 15) is 0 Å². The van der Waals surface area contributed by atoms with Gasteiger partial charge < -0.3 is 15.1 Å². The Morgan fingerprint density at radius 1 is 1.53 bits per heavy atom. The minimum Gasteiger partial charge on any atom is -0.444 e. The number of nitrogens with zero attached hydrogens (tertiary/aromatic N) is 1. The van der Waals surface area contributed by atoms with Crippen LogP contribution in [0.4, 0.5) is 0 Å². The molecule has 1 saturated heterocycles. The van der Waals surface area contributed by atoms with Gasteiger partial charge in [0, 0.05) is 12.5 Å². The zero-order valence-electron chi connectivity index (χ0n) is 9.25. The van der Waals surface area contributed by atoms with E-state index in [0.29, 0.717) is 6.04 Å². The van der Waals surface area contributed by atoms with Crippen LogP contribution in [0.15, 0.2) is 10.6 Å². The summed E-state index contributed by atoms with van der Waals surface area (Å²) >= 11 is 0. The van der Waals surface area contributed by atoms with Crippen molar-refractivity contribution in [3.8, 4) is 0 Å². The maximum absolute atomic E-state index is 5.53. The first-order chi connectivity index (χ1) is 7.38. The highest BCUT2D eigenvalue weighted by atomic mass is 16.4. The second-order valence-electron chi connectivity index (χ2n) is 3.98. The molecule has 0 radical (unpaired) electrons. The fraction of sp³-hybridized carbons (Fsp3) is 0.727. The molecule has 4 heteroatoms. The van der Waals surface area contributed by atoms with Crippen LogP contribution < -0.4 is 10.6 Å². The molecule has 0 aliphatic carbocycles. The molecule has 0 saturated carbocycles. The Hall–Kier alpha value is -0.870. The molecule has 0 spiro atoms. The first kappa shape index (κ1) is 10.6. The quantitative estimate of drug-likeness (QED) is 0.779. The maximum Gasteiger partial charge on any atom is 0.208 e. The van der Waals surface area contributed by atoms with Gasteiger partial charge in [0.1, 0.15) is 5.76 Å². The van der Waals surface area contributed by atoms with Crippen molar-refractivity contribution in [2.45, 2.75) is 38.8 Å². The van der Waals surface area contributed by atoms with E-state index >= 15 is 0 Å². The van der Waals surface area contributed by atoms with Gasteiger partial charge in [0.25, 0.3) is 0 Å². The molecule has 15 heavy (non-hydrogen) atoms. The Balaban J connectivity index is 1.76. The summed E-state index contributed by atoms with van der Waals surface area (Å²) in [6.45, 7) is 5.06. The van der Waals surface area contributed by atoms with Crippen LogP contribution in [-0.4, -0.2) is 24.1 Å². The Bertz CT molecular complexity index is 292. The van der Waals surface area contributed by atoms with E-state index in [2.05, 4.69) is 22.5 Å². The third-order valence-corrected chi connectivity index (χ3v) is 2.83. The lowest BCUT2D eigenvalue weighted by Crippen LogP contribution is -2.39. The Kier molecular flexibility index (Phi) is 3.75. The second kappa shape index (κ2) is 5.28. The summed E-state index contributed by atoms with van der Waals surface area (Å²) in [5, 5.41) is 6.83. The Labute approximate surface area is 90.5 Å². The second-order valence-corrected chi connectivity index (χ2v) is 3.98. The minimum atomic E-state index is 0.614.